The first kappa shape index (κ1) is 15.4. The van der Waals surface area contributed by atoms with Gasteiger partial charge in [0.15, 0.2) is 0 Å². The van der Waals surface area contributed by atoms with Gasteiger partial charge in [-0.15, -0.1) is 11.3 Å². The SMILES string of the molecule is Cc1ccc(C(=O)NCc2ccnc(-c3cccs3)c2)cc1C. The molecular formula is C19H18N2OS. The first-order chi connectivity index (χ1) is 11.1. The Morgan fingerprint density at radius 2 is 2.00 bits per heavy atom. The van der Waals surface area contributed by atoms with E-state index >= 15 is 0 Å². The van der Waals surface area contributed by atoms with E-state index in [0.717, 1.165) is 21.7 Å². The molecular weight excluding hydrogens is 304 g/mol. The van der Waals surface area contributed by atoms with Crippen LogP contribution in [-0.2, 0) is 6.54 Å². The number of carbonyl (C=O) groups excluding carboxylic acids is 1. The number of aromatic nitrogens is 1. The fraction of sp³-hybridized carbons (Fsp3) is 0.158. The molecule has 23 heavy (non-hydrogen) atoms. The number of pyridine rings is 1. The van der Waals surface area contributed by atoms with Crippen LogP contribution in [0.4, 0.5) is 0 Å². The second-order valence-corrected chi connectivity index (χ2v) is 6.46. The molecule has 0 saturated heterocycles. The summed E-state index contributed by atoms with van der Waals surface area (Å²) in [5.41, 5.74) is 5.00. The molecule has 0 bridgehead atoms. The second kappa shape index (κ2) is 6.75. The lowest BCUT2D eigenvalue weighted by Crippen LogP contribution is -2.22. The predicted molar refractivity (Wildman–Crippen MR) is 94.6 cm³/mol. The summed E-state index contributed by atoms with van der Waals surface area (Å²) >= 11 is 1.66. The smallest absolute Gasteiger partial charge is 0.251 e. The zero-order valence-electron chi connectivity index (χ0n) is 13.2. The van der Waals surface area contributed by atoms with Crippen molar-refractivity contribution in [2.75, 3.05) is 0 Å². The third kappa shape index (κ3) is 3.66. The molecule has 1 amide bonds. The van der Waals surface area contributed by atoms with E-state index < -0.39 is 0 Å². The summed E-state index contributed by atoms with van der Waals surface area (Å²) in [6, 6.07) is 13.8. The second-order valence-electron chi connectivity index (χ2n) is 5.51. The monoisotopic (exact) mass is 322 g/mol. The maximum Gasteiger partial charge on any atom is 0.251 e. The Morgan fingerprint density at radius 1 is 1.13 bits per heavy atom. The van der Waals surface area contributed by atoms with Gasteiger partial charge in [-0.25, -0.2) is 0 Å². The summed E-state index contributed by atoms with van der Waals surface area (Å²) in [4.78, 5) is 17.8. The van der Waals surface area contributed by atoms with Gasteiger partial charge in [-0.1, -0.05) is 12.1 Å². The highest BCUT2D eigenvalue weighted by Crippen LogP contribution is 2.23. The molecule has 1 N–H and O–H groups in total. The summed E-state index contributed by atoms with van der Waals surface area (Å²) in [7, 11) is 0. The highest BCUT2D eigenvalue weighted by molar-refractivity contribution is 7.13. The largest absolute Gasteiger partial charge is 0.348 e. The van der Waals surface area contributed by atoms with Crippen LogP contribution in [0.2, 0.25) is 0 Å². The number of thiophene rings is 1. The van der Waals surface area contributed by atoms with Crippen molar-refractivity contribution >= 4 is 17.2 Å². The third-order valence-electron chi connectivity index (χ3n) is 3.82. The van der Waals surface area contributed by atoms with Crippen LogP contribution in [0.5, 0.6) is 0 Å². The van der Waals surface area contributed by atoms with Crippen molar-refractivity contribution in [3.05, 3.63) is 76.3 Å². The van der Waals surface area contributed by atoms with Crippen LogP contribution in [0.15, 0.2) is 54.0 Å². The number of carbonyl (C=O) groups is 1. The van der Waals surface area contributed by atoms with Crippen LogP contribution in [0.1, 0.15) is 27.0 Å². The van der Waals surface area contributed by atoms with E-state index in [1.165, 1.54) is 5.56 Å². The lowest BCUT2D eigenvalue weighted by atomic mass is 10.1. The zero-order valence-corrected chi connectivity index (χ0v) is 14.0. The van der Waals surface area contributed by atoms with E-state index in [9.17, 15) is 4.79 Å². The molecule has 0 aliphatic carbocycles. The fourth-order valence-corrected chi connectivity index (χ4v) is 3.00. The number of nitrogens with one attached hydrogen (secondary N) is 1. The van der Waals surface area contributed by atoms with Crippen molar-refractivity contribution < 1.29 is 4.79 Å². The van der Waals surface area contributed by atoms with Crippen molar-refractivity contribution in [1.82, 2.24) is 10.3 Å². The molecule has 2 aromatic heterocycles. The summed E-state index contributed by atoms with van der Waals surface area (Å²) < 4.78 is 0. The van der Waals surface area contributed by atoms with Gasteiger partial charge in [0.05, 0.1) is 10.6 Å². The molecule has 0 fully saturated rings. The average Bonchev–Trinajstić information content (AvgIpc) is 3.10. The van der Waals surface area contributed by atoms with Gasteiger partial charge in [0.1, 0.15) is 0 Å². The van der Waals surface area contributed by atoms with E-state index in [4.69, 9.17) is 0 Å². The Labute approximate surface area is 140 Å². The number of rotatable bonds is 4. The van der Waals surface area contributed by atoms with Crippen molar-refractivity contribution in [2.24, 2.45) is 0 Å². The lowest BCUT2D eigenvalue weighted by Gasteiger charge is -2.08. The van der Waals surface area contributed by atoms with Gasteiger partial charge < -0.3 is 5.32 Å². The maximum absolute atomic E-state index is 12.3. The van der Waals surface area contributed by atoms with Crippen LogP contribution in [0, 0.1) is 13.8 Å². The van der Waals surface area contributed by atoms with Crippen molar-refractivity contribution in [3.8, 4) is 10.6 Å². The van der Waals surface area contributed by atoms with Gasteiger partial charge in [-0.3, -0.25) is 9.78 Å². The van der Waals surface area contributed by atoms with E-state index in [-0.39, 0.29) is 5.91 Å². The molecule has 0 saturated carbocycles. The minimum Gasteiger partial charge on any atom is -0.348 e. The van der Waals surface area contributed by atoms with E-state index in [1.807, 2.05) is 61.7 Å². The summed E-state index contributed by atoms with van der Waals surface area (Å²) in [6.07, 6.45) is 1.78. The van der Waals surface area contributed by atoms with Crippen LogP contribution in [-0.4, -0.2) is 10.9 Å². The van der Waals surface area contributed by atoms with Crippen molar-refractivity contribution in [2.45, 2.75) is 20.4 Å². The molecule has 0 aliphatic rings. The number of amides is 1. The summed E-state index contributed by atoms with van der Waals surface area (Å²) in [5.74, 6) is -0.0532. The van der Waals surface area contributed by atoms with Crippen LogP contribution >= 0.6 is 11.3 Å². The third-order valence-corrected chi connectivity index (χ3v) is 4.71. The number of nitrogens with zero attached hydrogens (tertiary/aromatic N) is 1. The molecule has 3 aromatic rings. The van der Waals surface area contributed by atoms with Gasteiger partial charge in [0, 0.05) is 18.3 Å². The summed E-state index contributed by atoms with van der Waals surface area (Å²) in [6.45, 7) is 4.55. The Kier molecular flexibility index (Phi) is 4.53. The van der Waals surface area contributed by atoms with Gasteiger partial charge in [-0.05, 0) is 66.2 Å². The first-order valence-corrected chi connectivity index (χ1v) is 8.36. The molecule has 1 aromatic carbocycles. The number of aryl methyl sites for hydroxylation is 2. The number of benzene rings is 1. The summed E-state index contributed by atoms with van der Waals surface area (Å²) in [5, 5.41) is 5.00. The van der Waals surface area contributed by atoms with Gasteiger partial charge in [0.2, 0.25) is 0 Å². The molecule has 0 radical (unpaired) electrons. The Morgan fingerprint density at radius 3 is 2.74 bits per heavy atom. The maximum atomic E-state index is 12.3. The standard InChI is InChI=1S/C19H18N2OS/c1-13-5-6-16(10-14(13)2)19(22)21-12-15-7-8-20-17(11-15)18-4-3-9-23-18/h3-11H,12H2,1-2H3,(H,21,22). The van der Waals surface area contributed by atoms with Gasteiger partial charge >= 0.3 is 0 Å². The van der Waals surface area contributed by atoms with E-state index in [1.54, 1.807) is 17.5 Å². The van der Waals surface area contributed by atoms with Crippen LogP contribution in [0.25, 0.3) is 10.6 Å². The highest BCUT2D eigenvalue weighted by Gasteiger charge is 2.07. The molecule has 3 nitrogen and oxygen atoms in total. The average molecular weight is 322 g/mol. The Hall–Kier alpha value is -2.46. The molecule has 3 rings (SSSR count). The quantitative estimate of drug-likeness (QED) is 0.775. The van der Waals surface area contributed by atoms with E-state index in [2.05, 4.69) is 10.3 Å². The highest BCUT2D eigenvalue weighted by atomic mass is 32.1. The number of hydrogen-bond donors (Lipinski definition) is 1. The van der Waals surface area contributed by atoms with Crippen molar-refractivity contribution in [1.29, 1.82) is 0 Å². The molecule has 2 heterocycles. The van der Waals surface area contributed by atoms with Gasteiger partial charge in [-0.2, -0.15) is 0 Å². The van der Waals surface area contributed by atoms with E-state index in [0.29, 0.717) is 12.1 Å². The molecule has 0 aliphatic heterocycles. The van der Waals surface area contributed by atoms with Crippen LogP contribution < -0.4 is 5.32 Å². The minimum atomic E-state index is -0.0532. The molecule has 4 heteroatoms. The normalized spacial score (nSPS) is 10.5. The predicted octanol–water partition coefficient (Wildman–Crippen LogP) is 4.36. The molecule has 0 unspecified atom stereocenters. The number of hydrogen-bond acceptors (Lipinski definition) is 3. The molecule has 0 atom stereocenters. The van der Waals surface area contributed by atoms with Crippen molar-refractivity contribution in [3.63, 3.8) is 0 Å². The fourth-order valence-electron chi connectivity index (χ4n) is 2.31. The Bertz CT molecular complexity index is 825. The topological polar surface area (TPSA) is 42.0 Å². The molecule has 0 spiro atoms. The minimum absolute atomic E-state index is 0.0532. The first-order valence-electron chi connectivity index (χ1n) is 7.48. The van der Waals surface area contributed by atoms with Gasteiger partial charge in [0.25, 0.3) is 5.91 Å². The molecule has 116 valence electrons. The van der Waals surface area contributed by atoms with Crippen LogP contribution in [0.3, 0.4) is 0 Å². The zero-order chi connectivity index (χ0) is 16.2. The Balaban J connectivity index is 1.69. The lowest BCUT2D eigenvalue weighted by molar-refractivity contribution is 0.0951.